The van der Waals surface area contributed by atoms with Crippen LogP contribution in [-0.4, -0.2) is 78.4 Å². The van der Waals surface area contributed by atoms with Gasteiger partial charge in [-0.1, -0.05) is 36.4 Å². The van der Waals surface area contributed by atoms with Gasteiger partial charge in [0.2, 0.25) is 0 Å². The Morgan fingerprint density at radius 1 is 1.26 bits per heavy atom. The van der Waals surface area contributed by atoms with Crippen molar-refractivity contribution in [1.82, 2.24) is 15.3 Å². The summed E-state index contributed by atoms with van der Waals surface area (Å²) >= 11 is 0. The van der Waals surface area contributed by atoms with E-state index in [0.717, 1.165) is 31.7 Å². The molecule has 0 radical (unpaired) electrons. The number of benzene rings is 1. The number of hydroxylamine groups is 1. The third-order valence-corrected chi connectivity index (χ3v) is 3.88. The van der Waals surface area contributed by atoms with Crippen molar-refractivity contribution in [3.8, 4) is 0 Å². The lowest BCUT2D eigenvalue weighted by molar-refractivity contribution is 0.0849. The smallest absolute Gasteiger partial charge is 0.144 e. The van der Waals surface area contributed by atoms with Crippen LogP contribution in [0.5, 0.6) is 0 Å². The van der Waals surface area contributed by atoms with E-state index in [0.29, 0.717) is 12.4 Å². The molecule has 1 aromatic rings. The van der Waals surface area contributed by atoms with Gasteiger partial charge in [-0.25, -0.2) is 0 Å². The van der Waals surface area contributed by atoms with Crippen LogP contribution in [0.3, 0.4) is 0 Å². The number of piperazine rings is 1. The Morgan fingerprint density at radius 3 is 2.61 bits per heavy atom. The van der Waals surface area contributed by atoms with Gasteiger partial charge in [0.15, 0.2) is 0 Å². The molecule has 1 heterocycles. The summed E-state index contributed by atoms with van der Waals surface area (Å²) in [7, 11) is 2.11. The summed E-state index contributed by atoms with van der Waals surface area (Å²) in [6.45, 7) is 4.86. The molecule has 0 aliphatic carbocycles. The topological polar surface area (TPSA) is 71.3 Å². The van der Waals surface area contributed by atoms with Crippen LogP contribution in [0.25, 0.3) is 6.08 Å². The Hall–Kier alpha value is -1.73. The minimum Gasteiger partial charge on any atom is -0.390 e. The van der Waals surface area contributed by atoms with Crippen molar-refractivity contribution in [2.24, 2.45) is 4.99 Å². The van der Waals surface area contributed by atoms with Crippen molar-refractivity contribution in [1.29, 1.82) is 0 Å². The van der Waals surface area contributed by atoms with Crippen LogP contribution in [0.1, 0.15) is 5.56 Å². The molecule has 23 heavy (non-hydrogen) atoms. The molecule has 2 rings (SSSR count). The van der Waals surface area contributed by atoms with E-state index in [1.807, 2.05) is 36.4 Å². The Labute approximate surface area is 137 Å². The van der Waals surface area contributed by atoms with Gasteiger partial charge < -0.3 is 10.0 Å². The molecule has 1 aromatic carbocycles. The number of rotatable bonds is 6. The van der Waals surface area contributed by atoms with E-state index >= 15 is 0 Å². The molecule has 0 amide bonds. The van der Waals surface area contributed by atoms with Gasteiger partial charge in [-0.05, 0) is 18.7 Å². The number of nitrogens with one attached hydrogen (secondary N) is 1. The number of likely N-dealkylation sites (N-methyl/N-ethyl adjacent to an activating group) is 1. The normalized spacial score (nSPS) is 19.2. The summed E-state index contributed by atoms with van der Waals surface area (Å²) in [5.41, 5.74) is 3.09. The van der Waals surface area contributed by atoms with Crippen LogP contribution in [0.2, 0.25) is 0 Å². The quantitative estimate of drug-likeness (QED) is 0.409. The maximum absolute atomic E-state index is 10.1. The van der Waals surface area contributed by atoms with Crippen LogP contribution >= 0.6 is 0 Å². The number of hydrogen-bond acceptors (Lipinski definition) is 5. The van der Waals surface area contributed by atoms with Crippen molar-refractivity contribution >= 4 is 11.9 Å². The van der Waals surface area contributed by atoms with Crippen molar-refractivity contribution in [2.75, 3.05) is 46.3 Å². The summed E-state index contributed by atoms with van der Waals surface area (Å²) in [5, 5.41) is 19.2. The highest BCUT2D eigenvalue weighted by molar-refractivity contribution is 5.95. The highest BCUT2D eigenvalue weighted by Crippen LogP contribution is 2.02. The van der Waals surface area contributed by atoms with E-state index in [2.05, 4.69) is 27.3 Å². The van der Waals surface area contributed by atoms with Crippen molar-refractivity contribution in [3.05, 3.63) is 42.0 Å². The Kier molecular flexibility index (Phi) is 7.22. The first-order chi connectivity index (χ1) is 11.2. The number of β-amino-alcohol motifs (C(OH)–C–C–N with tert-alkyl or cyclic N) is 1. The van der Waals surface area contributed by atoms with Crippen molar-refractivity contribution in [2.45, 2.75) is 6.10 Å². The van der Waals surface area contributed by atoms with E-state index in [1.165, 1.54) is 0 Å². The molecule has 1 atom stereocenters. The fourth-order valence-electron chi connectivity index (χ4n) is 2.45. The molecule has 0 spiro atoms. The van der Waals surface area contributed by atoms with E-state index < -0.39 is 6.10 Å². The molecular weight excluding hydrogens is 292 g/mol. The second-order valence-electron chi connectivity index (χ2n) is 5.84. The highest BCUT2D eigenvalue weighted by atomic mass is 16.5. The standard InChI is InChI=1S/C17H26N4O2/c1-20-9-11-21(12-10-20)14-16(22)13-18-17(19-23)8-7-15-5-3-2-4-6-15/h2-8,16,22-23H,9-14H2,1H3,(H,18,19)/b8-7+. The van der Waals surface area contributed by atoms with Crippen molar-refractivity contribution in [3.63, 3.8) is 0 Å². The molecular formula is C17H26N4O2. The predicted octanol–water partition coefficient (Wildman–Crippen LogP) is 0.685. The Bertz CT molecular complexity index is 511. The number of aliphatic hydroxyl groups excluding tert-OH is 1. The van der Waals surface area contributed by atoms with Gasteiger partial charge in [-0.15, -0.1) is 0 Å². The van der Waals surface area contributed by atoms with E-state index in [9.17, 15) is 5.11 Å². The first kappa shape index (κ1) is 17.6. The molecule has 1 fully saturated rings. The van der Waals surface area contributed by atoms with Crippen LogP contribution in [-0.2, 0) is 0 Å². The van der Waals surface area contributed by atoms with Gasteiger partial charge in [-0.3, -0.25) is 20.6 Å². The molecule has 1 unspecified atom stereocenters. The first-order valence-corrected chi connectivity index (χ1v) is 7.94. The summed E-state index contributed by atoms with van der Waals surface area (Å²) in [5.74, 6) is 0.339. The average Bonchev–Trinajstić information content (AvgIpc) is 2.58. The van der Waals surface area contributed by atoms with Crippen molar-refractivity contribution < 1.29 is 10.3 Å². The number of amidine groups is 1. The summed E-state index contributed by atoms with van der Waals surface area (Å²) in [4.78, 5) is 8.74. The zero-order chi connectivity index (χ0) is 16.5. The molecule has 0 saturated carbocycles. The summed E-state index contributed by atoms with van der Waals surface area (Å²) in [6.07, 6.45) is 3.01. The third kappa shape index (κ3) is 6.50. The largest absolute Gasteiger partial charge is 0.390 e. The average molecular weight is 318 g/mol. The van der Waals surface area contributed by atoms with Crippen LogP contribution in [0.4, 0.5) is 0 Å². The molecule has 0 bridgehead atoms. The second kappa shape index (κ2) is 9.42. The molecule has 126 valence electrons. The maximum Gasteiger partial charge on any atom is 0.144 e. The molecule has 1 aliphatic rings. The van der Waals surface area contributed by atoms with E-state index in [-0.39, 0.29) is 6.54 Å². The van der Waals surface area contributed by atoms with Gasteiger partial charge in [0.1, 0.15) is 5.84 Å². The van der Waals surface area contributed by atoms with Crippen LogP contribution < -0.4 is 5.48 Å². The zero-order valence-electron chi connectivity index (χ0n) is 13.6. The molecule has 0 aromatic heterocycles. The fourth-order valence-corrected chi connectivity index (χ4v) is 2.45. The summed E-state index contributed by atoms with van der Waals surface area (Å²) < 4.78 is 0. The SMILES string of the molecule is CN1CCN(CC(O)CN=C(/C=C/c2ccccc2)NO)CC1. The molecule has 6 heteroatoms. The molecule has 1 aliphatic heterocycles. The lowest BCUT2D eigenvalue weighted by Gasteiger charge is -2.33. The maximum atomic E-state index is 10.1. The lowest BCUT2D eigenvalue weighted by Crippen LogP contribution is -2.47. The fraction of sp³-hybridized carbons (Fsp3) is 0.471. The second-order valence-corrected chi connectivity index (χ2v) is 5.84. The first-order valence-electron chi connectivity index (χ1n) is 7.94. The van der Waals surface area contributed by atoms with Gasteiger partial charge in [0.05, 0.1) is 12.6 Å². The highest BCUT2D eigenvalue weighted by Gasteiger charge is 2.16. The minimum atomic E-state index is -0.535. The number of aliphatic imine (C=N–C) groups is 1. The van der Waals surface area contributed by atoms with Gasteiger partial charge in [0, 0.05) is 32.7 Å². The van der Waals surface area contributed by atoms with Crippen LogP contribution in [0, 0.1) is 0 Å². The van der Waals surface area contributed by atoms with Gasteiger partial charge in [0.25, 0.3) is 0 Å². The number of aliphatic hydroxyl groups is 1. The summed E-state index contributed by atoms with van der Waals surface area (Å²) in [6, 6.07) is 9.78. The molecule has 6 nitrogen and oxygen atoms in total. The zero-order valence-corrected chi connectivity index (χ0v) is 13.6. The Balaban J connectivity index is 1.80. The minimum absolute atomic E-state index is 0.258. The monoisotopic (exact) mass is 318 g/mol. The lowest BCUT2D eigenvalue weighted by atomic mass is 10.2. The predicted molar refractivity (Wildman–Crippen MR) is 92.6 cm³/mol. The van der Waals surface area contributed by atoms with Gasteiger partial charge >= 0.3 is 0 Å². The molecule has 1 saturated heterocycles. The Morgan fingerprint density at radius 2 is 1.96 bits per heavy atom. The number of hydrogen-bond donors (Lipinski definition) is 3. The van der Waals surface area contributed by atoms with Gasteiger partial charge in [-0.2, -0.15) is 0 Å². The van der Waals surface area contributed by atoms with Crippen LogP contribution in [0.15, 0.2) is 41.4 Å². The third-order valence-electron chi connectivity index (χ3n) is 3.88. The molecule has 3 N–H and O–H groups in total. The van der Waals surface area contributed by atoms with E-state index in [1.54, 1.807) is 6.08 Å². The van der Waals surface area contributed by atoms with E-state index in [4.69, 9.17) is 5.21 Å². The number of nitrogens with zero attached hydrogens (tertiary/aromatic N) is 3.